The van der Waals surface area contributed by atoms with Gasteiger partial charge in [-0.1, -0.05) is 27.1 Å². The van der Waals surface area contributed by atoms with E-state index >= 15 is 0 Å². The Morgan fingerprint density at radius 2 is 2.03 bits per heavy atom. The minimum Gasteiger partial charge on any atom is -0.506 e. The third-order valence-corrected chi connectivity index (χ3v) is 5.89. The van der Waals surface area contributed by atoms with Crippen LogP contribution in [-0.2, 0) is 4.79 Å². The van der Waals surface area contributed by atoms with Crippen LogP contribution in [0.25, 0.3) is 0 Å². The molecule has 1 aromatic heterocycles. The molecule has 3 aromatic rings. The van der Waals surface area contributed by atoms with Crippen LogP contribution in [0.4, 0.5) is 21.9 Å². The predicted octanol–water partition coefficient (Wildman–Crippen LogP) is 3.69. The predicted molar refractivity (Wildman–Crippen MR) is 138 cm³/mol. The maximum absolute atomic E-state index is 11.7. The number of aromatic nitrogens is 1. The van der Waals surface area contributed by atoms with E-state index in [0.29, 0.717) is 6.54 Å². The van der Waals surface area contributed by atoms with Crippen molar-refractivity contribution >= 4 is 50.6 Å². The van der Waals surface area contributed by atoms with Gasteiger partial charge in [0, 0.05) is 40.4 Å². The summed E-state index contributed by atoms with van der Waals surface area (Å²) in [6.07, 6.45) is 1.72. The average Bonchev–Trinajstić information content (AvgIpc) is 3.18. The third-order valence-electron chi connectivity index (χ3n) is 5.40. The van der Waals surface area contributed by atoms with Crippen LogP contribution < -0.4 is 16.4 Å². The van der Waals surface area contributed by atoms with E-state index < -0.39 is 6.03 Å². The summed E-state index contributed by atoms with van der Waals surface area (Å²) in [6.45, 7) is 0.705. The van der Waals surface area contributed by atoms with E-state index in [4.69, 9.17) is 10.8 Å². The number of urea groups is 1. The number of fused-ring (bicyclic) bond motifs is 2. The fraction of sp³-hybridized carbons (Fsp3) is 0.167. The van der Waals surface area contributed by atoms with Crippen molar-refractivity contribution in [2.45, 2.75) is 5.92 Å². The second-order valence-corrected chi connectivity index (χ2v) is 8.76. The van der Waals surface area contributed by atoms with Crippen molar-refractivity contribution in [3.05, 3.63) is 76.0 Å². The first-order valence-electron chi connectivity index (χ1n) is 10.8. The molecule has 12 heteroatoms. The van der Waals surface area contributed by atoms with Gasteiger partial charge in [0.25, 0.3) is 0 Å². The first-order chi connectivity index (χ1) is 17.4. The number of aliphatic hydroxyl groups excluding tert-OH is 1. The molecule has 2 aliphatic heterocycles. The summed E-state index contributed by atoms with van der Waals surface area (Å²) >= 11 is 3.44. The molecule has 0 aliphatic carbocycles. The first-order valence-corrected chi connectivity index (χ1v) is 11.6. The third kappa shape index (κ3) is 5.73. The van der Waals surface area contributed by atoms with Gasteiger partial charge in [0.15, 0.2) is 0 Å². The molecule has 11 nitrogen and oxygen atoms in total. The minimum atomic E-state index is -0.929. The molecule has 36 heavy (non-hydrogen) atoms. The molecule has 1 unspecified atom stereocenters. The number of benzodiazepines with no additional fused rings is 1. The molecule has 5 rings (SSSR count). The highest BCUT2D eigenvalue weighted by Gasteiger charge is 2.23. The van der Waals surface area contributed by atoms with E-state index in [9.17, 15) is 14.7 Å². The number of hydrogen-bond donors (Lipinski definition) is 5. The number of nitrogens with zero attached hydrogens (tertiary/aromatic N) is 4. The van der Waals surface area contributed by atoms with Crippen molar-refractivity contribution in [3.63, 3.8) is 0 Å². The van der Waals surface area contributed by atoms with Gasteiger partial charge in [-0.15, -0.1) is 5.11 Å². The number of carbonyl (C=O) groups excluding carboxylic acids is 2. The van der Waals surface area contributed by atoms with E-state index in [-0.39, 0.29) is 36.4 Å². The molecule has 0 radical (unpaired) electrons. The lowest BCUT2D eigenvalue weighted by molar-refractivity contribution is -0.114. The van der Waals surface area contributed by atoms with Crippen LogP contribution in [0.5, 0.6) is 5.75 Å². The molecule has 3 amide bonds. The lowest BCUT2D eigenvalue weighted by Gasteiger charge is -2.09. The van der Waals surface area contributed by atoms with Gasteiger partial charge in [-0.25, -0.2) is 4.79 Å². The van der Waals surface area contributed by atoms with E-state index in [0.717, 1.165) is 38.4 Å². The van der Waals surface area contributed by atoms with Crippen molar-refractivity contribution in [1.29, 1.82) is 0 Å². The van der Waals surface area contributed by atoms with Gasteiger partial charge < -0.3 is 26.6 Å². The maximum atomic E-state index is 11.7. The molecular formula is C24H22BrN7O4. The van der Waals surface area contributed by atoms with Crippen LogP contribution in [0.3, 0.4) is 0 Å². The largest absolute Gasteiger partial charge is 0.506 e. The number of anilines is 2. The number of halogens is 1. The Kier molecular flexibility index (Phi) is 7.66. The molecule has 1 atom stereocenters. The van der Waals surface area contributed by atoms with E-state index in [2.05, 4.69) is 46.8 Å². The molecule has 0 spiro atoms. The van der Waals surface area contributed by atoms with Gasteiger partial charge in [-0.2, -0.15) is 0 Å². The molecule has 2 aromatic carbocycles. The second-order valence-electron chi connectivity index (χ2n) is 7.84. The summed E-state index contributed by atoms with van der Waals surface area (Å²) in [7, 11) is 0. The number of phenolic OH excluding ortho intramolecular Hbond substituents is 1. The molecule has 0 bridgehead atoms. The van der Waals surface area contributed by atoms with Gasteiger partial charge in [-0.05, 0) is 42.0 Å². The highest BCUT2D eigenvalue weighted by Crippen LogP contribution is 2.39. The Labute approximate surface area is 214 Å². The van der Waals surface area contributed by atoms with Crippen molar-refractivity contribution in [1.82, 2.24) is 4.98 Å². The zero-order chi connectivity index (χ0) is 25.7. The number of aliphatic imine (C=N–C) groups is 1. The van der Waals surface area contributed by atoms with Crippen LogP contribution in [0.1, 0.15) is 22.7 Å². The quantitative estimate of drug-likeness (QED) is 0.310. The highest BCUT2D eigenvalue weighted by molar-refractivity contribution is 9.10. The monoisotopic (exact) mass is 551 g/mol. The fourth-order valence-electron chi connectivity index (χ4n) is 3.74. The molecule has 6 N–H and O–H groups in total. The number of amides is 3. The number of primary amides is 1. The minimum absolute atomic E-state index is 0.00280. The molecule has 2 aliphatic rings. The number of benzene rings is 2. The Hall–Kier alpha value is -4.16. The van der Waals surface area contributed by atoms with Crippen LogP contribution in [0.15, 0.2) is 74.4 Å². The summed E-state index contributed by atoms with van der Waals surface area (Å²) in [4.78, 5) is 30.8. The summed E-state index contributed by atoms with van der Waals surface area (Å²) in [5.41, 5.74) is 9.69. The number of azo groups is 1. The Morgan fingerprint density at radius 3 is 2.75 bits per heavy atom. The smallest absolute Gasteiger partial charge is 0.356 e. The topological polar surface area (TPSA) is 175 Å². The highest BCUT2D eigenvalue weighted by atomic mass is 79.9. The van der Waals surface area contributed by atoms with Crippen molar-refractivity contribution in [3.8, 4) is 5.75 Å². The molecular weight excluding hydrogens is 530 g/mol. The number of nitrogens with two attached hydrogens (primary N) is 1. The van der Waals surface area contributed by atoms with Crippen LogP contribution >= 0.6 is 15.9 Å². The summed E-state index contributed by atoms with van der Waals surface area (Å²) in [5, 5.41) is 31.4. The van der Waals surface area contributed by atoms with E-state index in [1.165, 1.54) is 6.07 Å². The van der Waals surface area contributed by atoms with Gasteiger partial charge in [0.05, 0.1) is 23.7 Å². The zero-order valence-corrected chi connectivity index (χ0v) is 20.4. The SMILES string of the molecule is NC(=O)N=Nc1cc2c(cc1O)NCC2CO.O=C1CN=C(c2ccccn2)c2cc(Br)ccc2N1. The normalized spacial score (nSPS) is 16.0. The van der Waals surface area contributed by atoms with Gasteiger partial charge >= 0.3 is 6.03 Å². The van der Waals surface area contributed by atoms with E-state index in [1.54, 1.807) is 12.3 Å². The van der Waals surface area contributed by atoms with E-state index in [1.807, 2.05) is 36.4 Å². The van der Waals surface area contributed by atoms with Gasteiger partial charge in [0.1, 0.15) is 18.0 Å². The Bertz CT molecular complexity index is 1360. The fourth-order valence-corrected chi connectivity index (χ4v) is 4.10. The number of pyridine rings is 1. The molecule has 3 heterocycles. The number of nitrogens with one attached hydrogen (secondary N) is 2. The Balaban J connectivity index is 0.000000170. The Morgan fingerprint density at radius 1 is 1.19 bits per heavy atom. The van der Waals surface area contributed by atoms with Crippen molar-refractivity contribution in [2.24, 2.45) is 21.0 Å². The maximum Gasteiger partial charge on any atom is 0.356 e. The van der Waals surface area contributed by atoms with Gasteiger partial charge in [-0.3, -0.25) is 14.8 Å². The lowest BCUT2D eigenvalue weighted by Crippen LogP contribution is -2.13. The average molecular weight is 552 g/mol. The number of aromatic hydroxyl groups is 1. The van der Waals surface area contributed by atoms with Crippen LogP contribution in [0, 0.1) is 0 Å². The van der Waals surface area contributed by atoms with Gasteiger partial charge in [0.2, 0.25) is 5.91 Å². The molecule has 184 valence electrons. The van der Waals surface area contributed by atoms with Crippen LogP contribution in [0.2, 0.25) is 0 Å². The number of aliphatic hydroxyl groups is 1. The van der Waals surface area contributed by atoms with Crippen molar-refractivity contribution in [2.75, 3.05) is 30.3 Å². The molecule has 0 saturated carbocycles. The number of hydrogen-bond acceptors (Lipinski definition) is 8. The summed E-state index contributed by atoms with van der Waals surface area (Å²) in [5.74, 6) is -0.262. The van der Waals surface area contributed by atoms with Crippen LogP contribution in [-0.4, -0.2) is 52.5 Å². The molecule has 0 fully saturated rings. The van der Waals surface area contributed by atoms with Crippen molar-refractivity contribution < 1.29 is 19.8 Å². The zero-order valence-electron chi connectivity index (χ0n) is 18.8. The standard InChI is InChI=1S/C14H10BrN3O.C10H12N4O3/c15-9-4-5-11-10(7-9)14(17-8-13(19)18-11)12-3-1-2-6-16-12;11-10(17)14-13-8-1-6-5(4-15)3-12-7(6)2-9(8)16/h1-7H,8H2,(H,18,19);1-2,5,12,15-16H,3-4H2,(H2,11,17). The summed E-state index contributed by atoms with van der Waals surface area (Å²) < 4.78 is 0.936. The molecule has 0 saturated heterocycles. The number of carbonyl (C=O) groups is 2. The number of rotatable bonds is 3. The first kappa shape index (κ1) is 24.9. The number of phenols is 1. The summed E-state index contributed by atoms with van der Waals surface area (Å²) in [6, 6.07) is 13.5. The second kappa shape index (κ2) is 11.1. The lowest BCUT2D eigenvalue weighted by atomic mass is 10.0.